The third-order valence-electron chi connectivity index (χ3n) is 2.64. The van der Waals surface area contributed by atoms with Gasteiger partial charge in [-0.25, -0.2) is 0 Å². The van der Waals surface area contributed by atoms with Gasteiger partial charge < -0.3 is 20.5 Å². The molecule has 0 aromatic heterocycles. The molecule has 18 heavy (non-hydrogen) atoms. The monoisotopic (exact) mass is 314 g/mol. The Kier molecular flexibility index (Phi) is 4.57. The second-order valence-corrected chi connectivity index (χ2v) is 4.87. The van der Waals surface area contributed by atoms with Crippen LogP contribution in [0.5, 0.6) is 0 Å². The summed E-state index contributed by atoms with van der Waals surface area (Å²) in [5.74, 6) is -0.148. The van der Waals surface area contributed by atoms with Gasteiger partial charge in [-0.1, -0.05) is 0 Å². The highest BCUT2D eigenvalue weighted by atomic mass is 79.9. The fourth-order valence-corrected chi connectivity index (χ4v) is 2.01. The lowest BCUT2D eigenvalue weighted by Gasteiger charge is -2.23. The average molecular weight is 315 g/mol. The van der Waals surface area contributed by atoms with E-state index >= 15 is 0 Å². The van der Waals surface area contributed by atoms with Crippen LogP contribution in [0, 0.1) is 0 Å². The summed E-state index contributed by atoms with van der Waals surface area (Å²) in [4.78, 5) is 11.9. The van der Waals surface area contributed by atoms with E-state index in [4.69, 9.17) is 15.2 Å². The first-order chi connectivity index (χ1) is 8.66. The van der Waals surface area contributed by atoms with Crippen molar-refractivity contribution < 1.29 is 14.3 Å². The number of hydrogen-bond donors (Lipinski definition) is 2. The molecule has 1 aromatic carbocycles. The van der Waals surface area contributed by atoms with Crippen molar-refractivity contribution in [1.29, 1.82) is 0 Å². The highest BCUT2D eigenvalue weighted by Crippen LogP contribution is 2.20. The van der Waals surface area contributed by atoms with Crippen molar-refractivity contribution in [3.8, 4) is 0 Å². The summed E-state index contributed by atoms with van der Waals surface area (Å²) < 4.78 is 11.4. The number of anilines is 1. The molecule has 0 radical (unpaired) electrons. The van der Waals surface area contributed by atoms with Gasteiger partial charge in [-0.15, -0.1) is 0 Å². The minimum absolute atomic E-state index is 0.0695. The lowest BCUT2D eigenvalue weighted by atomic mass is 10.2. The van der Waals surface area contributed by atoms with Crippen molar-refractivity contribution in [2.75, 3.05) is 32.1 Å². The molecule has 6 heteroatoms. The summed E-state index contributed by atoms with van der Waals surface area (Å²) in [6.07, 6.45) is -0.0695. The summed E-state index contributed by atoms with van der Waals surface area (Å²) >= 11 is 3.29. The van der Waals surface area contributed by atoms with Crippen LogP contribution < -0.4 is 11.1 Å². The van der Waals surface area contributed by atoms with Crippen molar-refractivity contribution in [2.45, 2.75) is 6.10 Å². The zero-order chi connectivity index (χ0) is 13.0. The van der Waals surface area contributed by atoms with Crippen LogP contribution in [-0.4, -0.2) is 38.4 Å². The van der Waals surface area contributed by atoms with E-state index in [9.17, 15) is 4.79 Å². The highest BCUT2D eigenvalue weighted by molar-refractivity contribution is 9.10. The van der Waals surface area contributed by atoms with Gasteiger partial charge in [-0.2, -0.15) is 0 Å². The van der Waals surface area contributed by atoms with Gasteiger partial charge in [0.1, 0.15) is 0 Å². The number of carbonyl (C=O) groups excluding carboxylic acids is 1. The third kappa shape index (κ3) is 3.44. The molecule has 1 aliphatic rings. The molecular formula is C12H15BrN2O3. The predicted octanol–water partition coefficient (Wildman–Crippen LogP) is 1.18. The Morgan fingerprint density at radius 1 is 1.50 bits per heavy atom. The molecule has 0 spiro atoms. The zero-order valence-corrected chi connectivity index (χ0v) is 11.4. The number of rotatable bonds is 3. The molecule has 0 saturated carbocycles. The Morgan fingerprint density at radius 3 is 3.00 bits per heavy atom. The molecule has 5 nitrogen and oxygen atoms in total. The largest absolute Gasteiger partial charge is 0.398 e. The number of nitrogens with one attached hydrogen (secondary N) is 1. The predicted molar refractivity (Wildman–Crippen MR) is 71.4 cm³/mol. The second-order valence-electron chi connectivity index (χ2n) is 4.01. The van der Waals surface area contributed by atoms with Crippen molar-refractivity contribution in [3.05, 3.63) is 28.2 Å². The maximum Gasteiger partial charge on any atom is 0.251 e. The SMILES string of the molecule is Nc1ccc(C(=O)NCC2COCCO2)cc1Br. The first kappa shape index (κ1) is 13.3. The van der Waals surface area contributed by atoms with Crippen molar-refractivity contribution in [1.82, 2.24) is 5.32 Å². The standard InChI is InChI=1S/C12H15BrN2O3/c13-10-5-8(1-2-11(10)14)12(16)15-6-9-7-17-3-4-18-9/h1-2,5,9H,3-4,6-7,14H2,(H,15,16). The number of benzene rings is 1. The normalized spacial score (nSPS) is 19.5. The lowest BCUT2D eigenvalue weighted by Crippen LogP contribution is -2.39. The van der Waals surface area contributed by atoms with Gasteiger partial charge in [0.15, 0.2) is 0 Å². The maximum absolute atomic E-state index is 11.9. The van der Waals surface area contributed by atoms with E-state index in [0.717, 1.165) is 0 Å². The Labute approximate surface area is 114 Å². The summed E-state index contributed by atoms with van der Waals surface area (Å²) in [5.41, 5.74) is 6.83. The fourth-order valence-electron chi connectivity index (χ4n) is 1.63. The van der Waals surface area contributed by atoms with Gasteiger partial charge in [-0.05, 0) is 34.1 Å². The highest BCUT2D eigenvalue weighted by Gasteiger charge is 2.16. The molecule has 0 bridgehead atoms. The Balaban J connectivity index is 1.88. The molecule has 0 aliphatic carbocycles. The molecule has 1 heterocycles. The van der Waals surface area contributed by atoms with Crippen LogP contribution in [0.1, 0.15) is 10.4 Å². The molecule has 2 rings (SSSR count). The number of hydrogen-bond acceptors (Lipinski definition) is 4. The summed E-state index contributed by atoms with van der Waals surface area (Å²) in [7, 11) is 0. The maximum atomic E-state index is 11.9. The van der Waals surface area contributed by atoms with Gasteiger partial charge in [0.25, 0.3) is 5.91 Å². The summed E-state index contributed by atoms with van der Waals surface area (Å²) in [6, 6.07) is 5.08. The number of carbonyl (C=O) groups is 1. The lowest BCUT2D eigenvalue weighted by molar-refractivity contribution is -0.0855. The van der Waals surface area contributed by atoms with E-state index in [0.29, 0.717) is 42.1 Å². The van der Waals surface area contributed by atoms with Crippen LogP contribution in [0.3, 0.4) is 0 Å². The molecular weight excluding hydrogens is 300 g/mol. The fraction of sp³-hybridized carbons (Fsp3) is 0.417. The van der Waals surface area contributed by atoms with E-state index in [1.807, 2.05) is 0 Å². The van der Waals surface area contributed by atoms with E-state index in [-0.39, 0.29) is 12.0 Å². The number of amides is 1. The molecule has 1 unspecified atom stereocenters. The minimum Gasteiger partial charge on any atom is -0.398 e. The topological polar surface area (TPSA) is 73.6 Å². The van der Waals surface area contributed by atoms with Crippen LogP contribution >= 0.6 is 15.9 Å². The van der Waals surface area contributed by atoms with Gasteiger partial charge in [0.05, 0.1) is 25.9 Å². The molecule has 1 aromatic rings. The number of ether oxygens (including phenoxy) is 2. The molecule has 1 fully saturated rings. The van der Waals surface area contributed by atoms with Crippen LogP contribution in [0.15, 0.2) is 22.7 Å². The van der Waals surface area contributed by atoms with Crippen LogP contribution in [-0.2, 0) is 9.47 Å². The zero-order valence-electron chi connectivity index (χ0n) is 9.82. The summed E-state index contributed by atoms with van der Waals surface area (Å²) in [6.45, 7) is 2.16. The molecule has 1 saturated heterocycles. The van der Waals surface area contributed by atoms with Crippen LogP contribution in [0.25, 0.3) is 0 Å². The summed E-state index contributed by atoms with van der Waals surface area (Å²) in [5, 5.41) is 2.81. The van der Waals surface area contributed by atoms with Crippen molar-refractivity contribution in [3.63, 3.8) is 0 Å². The quantitative estimate of drug-likeness (QED) is 0.822. The van der Waals surface area contributed by atoms with E-state index in [1.54, 1.807) is 18.2 Å². The average Bonchev–Trinajstić information content (AvgIpc) is 2.40. The van der Waals surface area contributed by atoms with Crippen molar-refractivity contribution in [2.24, 2.45) is 0 Å². The number of nitrogens with two attached hydrogens (primary N) is 1. The van der Waals surface area contributed by atoms with E-state index in [1.165, 1.54) is 0 Å². The van der Waals surface area contributed by atoms with Crippen molar-refractivity contribution >= 4 is 27.5 Å². The molecule has 1 amide bonds. The van der Waals surface area contributed by atoms with Crippen LogP contribution in [0.4, 0.5) is 5.69 Å². The van der Waals surface area contributed by atoms with Gasteiger partial charge in [-0.3, -0.25) is 4.79 Å². The minimum atomic E-state index is -0.148. The van der Waals surface area contributed by atoms with Gasteiger partial charge in [0, 0.05) is 22.3 Å². The van der Waals surface area contributed by atoms with Crippen LogP contribution in [0.2, 0.25) is 0 Å². The van der Waals surface area contributed by atoms with Gasteiger partial charge >= 0.3 is 0 Å². The van der Waals surface area contributed by atoms with E-state index in [2.05, 4.69) is 21.2 Å². The molecule has 1 atom stereocenters. The first-order valence-electron chi connectivity index (χ1n) is 5.69. The smallest absolute Gasteiger partial charge is 0.251 e. The third-order valence-corrected chi connectivity index (χ3v) is 3.32. The molecule has 98 valence electrons. The Hall–Kier alpha value is -1.11. The first-order valence-corrected chi connectivity index (χ1v) is 6.48. The number of halogens is 1. The Morgan fingerprint density at radius 2 is 2.33 bits per heavy atom. The second kappa shape index (κ2) is 6.17. The molecule has 1 aliphatic heterocycles. The Bertz CT molecular complexity index is 433. The molecule has 3 N–H and O–H groups in total. The van der Waals surface area contributed by atoms with E-state index < -0.39 is 0 Å². The van der Waals surface area contributed by atoms with Gasteiger partial charge in [0.2, 0.25) is 0 Å². The number of nitrogen functional groups attached to an aromatic ring is 1.